The largest absolute Gasteiger partial charge is 1.00 e. The molecule has 0 atom stereocenters. The summed E-state index contributed by atoms with van der Waals surface area (Å²) in [5.41, 5.74) is 0.966. The van der Waals surface area contributed by atoms with Crippen molar-refractivity contribution < 1.29 is 16.8 Å². The van der Waals surface area contributed by atoms with E-state index in [1.807, 2.05) is 42.5 Å². The molecular formula is C14H15ClN5OS-. The van der Waals surface area contributed by atoms with Crippen molar-refractivity contribution in [2.24, 2.45) is 0 Å². The molecule has 6 nitrogen and oxygen atoms in total. The summed E-state index contributed by atoms with van der Waals surface area (Å²) in [6, 6.07) is 13.7. The fourth-order valence-electron chi connectivity index (χ4n) is 1.84. The van der Waals surface area contributed by atoms with Gasteiger partial charge < -0.3 is 22.1 Å². The van der Waals surface area contributed by atoms with E-state index in [-0.39, 0.29) is 12.4 Å². The van der Waals surface area contributed by atoms with Crippen molar-refractivity contribution in [3.05, 3.63) is 54.5 Å². The zero-order valence-corrected chi connectivity index (χ0v) is 13.3. The Kier molecular flexibility index (Phi) is 6.45. The van der Waals surface area contributed by atoms with Gasteiger partial charge in [-0.2, -0.15) is 4.68 Å². The number of nitrogens with zero attached hydrogens (tertiary/aromatic N) is 4. The van der Waals surface area contributed by atoms with Crippen molar-refractivity contribution in [3.8, 4) is 5.69 Å². The maximum atomic E-state index is 5.26. The summed E-state index contributed by atoms with van der Waals surface area (Å²) in [6.45, 7) is 1.59. The van der Waals surface area contributed by atoms with Gasteiger partial charge in [0.15, 0.2) is 0 Å². The monoisotopic (exact) mass is 336 g/mol. The van der Waals surface area contributed by atoms with Gasteiger partial charge in [-0.05, 0) is 34.7 Å². The van der Waals surface area contributed by atoms with E-state index in [1.165, 1.54) is 0 Å². The number of thioether (sulfide) groups is 1. The SMILES string of the molecule is [Cl-].c1ccc(-n2nnnc2SCCNCc2ccco2)cc1. The summed E-state index contributed by atoms with van der Waals surface area (Å²) >= 11 is 1.62. The van der Waals surface area contributed by atoms with Gasteiger partial charge in [0.1, 0.15) is 5.76 Å². The van der Waals surface area contributed by atoms with Crippen molar-refractivity contribution in [1.29, 1.82) is 0 Å². The maximum absolute atomic E-state index is 5.26. The highest BCUT2D eigenvalue weighted by Gasteiger charge is 2.07. The fraction of sp³-hybridized carbons (Fsp3) is 0.214. The molecule has 1 aromatic carbocycles. The van der Waals surface area contributed by atoms with Gasteiger partial charge >= 0.3 is 0 Å². The zero-order valence-electron chi connectivity index (χ0n) is 11.7. The molecule has 116 valence electrons. The zero-order chi connectivity index (χ0) is 14.3. The second kappa shape index (κ2) is 8.57. The normalized spacial score (nSPS) is 10.4. The third-order valence-electron chi connectivity index (χ3n) is 2.83. The third kappa shape index (κ3) is 4.33. The van der Waals surface area contributed by atoms with Crippen LogP contribution in [0.15, 0.2) is 58.3 Å². The molecule has 2 heterocycles. The quantitative estimate of drug-likeness (QED) is 0.447. The Balaban J connectivity index is 0.00000176. The minimum Gasteiger partial charge on any atom is -1.00 e. The number of para-hydroxylation sites is 1. The number of hydrogen-bond acceptors (Lipinski definition) is 6. The van der Waals surface area contributed by atoms with Gasteiger partial charge in [0.25, 0.3) is 0 Å². The molecule has 0 bridgehead atoms. The number of tetrazole rings is 1. The number of hydrogen-bond donors (Lipinski definition) is 1. The molecule has 3 aromatic rings. The minimum absolute atomic E-state index is 0. The summed E-state index contributed by atoms with van der Waals surface area (Å²) in [4.78, 5) is 0. The van der Waals surface area contributed by atoms with Crippen LogP contribution in [0.1, 0.15) is 5.76 Å². The van der Waals surface area contributed by atoms with E-state index in [2.05, 4.69) is 20.8 Å². The van der Waals surface area contributed by atoms with E-state index < -0.39 is 0 Å². The van der Waals surface area contributed by atoms with E-state index in [0.29, 0.717) is 0 Å². The standard InChI is InChI=1S/C14H15N5OS.ClH/c1-2-5-12(6-3-1)19-14(16-17-18-19)21-10-8-15-11-13-7-4-9-20-13;/h1-7,9,15H,8,10-11H2;1H/p-1. The molecule has 1 N–H and O–H groups in total. The first kappa shape index (κ1) is 16.5. The second-order valence-electron chi connectivity index (χ2n) is 4.31. The molecule has 3 rings (SSSR count). The van der Waals surface area contributed by atoms with E-state index >= 15 is 0 Å². The van der Waals surface area contributed by atoms with Crippen LogP contribution in [0.2, 0.25) is 0 Å². The summed E-state index contributed by atoms with van der Waals surface area (Å²) < 4.78 is 7.00. The van der Waals surface area contributed by atoms with Crippen molar-refractivity contribution in [3.63, 3.8) is 0 Å². The van der Waals surface area contributed by atoms with Crippen LogP contribution in [0, 0.1) is 0 Å². The van der Waals surface area contributed by atoms with Crippen LogP contribution in [-0.2, 0) is 6.54 Å². The molecule has 0 saturated heterocycles. The van der Waals surface area contributed by atoms with Crippen molar-refractivity contribution in [2.75, 3.05) is 12.3 Å². The summed E-state index contributed by atoms with van der Waals surface area (Å²) in [5.74, 6) is 1.82. The highest BCUT2D eigenvalue weighted by atomic mass is 35.5. The van der Waals surface area contributed by atoms with Gasteiger partial charge in [-0.3, -0.25) is 0 Å². The van der Waals surface area contributed by atoms with Crippen LogP contribution in [0.3, 0.4) is 0 Å². The van der Waals surface area contributed by atoms with E-state index in [1.54, 1.807) is 22.7 Å². The first-order valence-corrected chi connectivity index (χ1v) is 7.62. The van der Waals surface area contributed by atoms with Crippen molar-refractivity contribution in [2.45, 2.75) is 11.7 Å². The Bertz CT molecular complexity index is 659. The Hall–Kier alpha value is -1.83. The average Bonchev–Trinajstić information content (AvgIpc) is 3.19. The molecule has 0 spiro atoms. The maximum Gasteiger partial charge on any atom is 0.214 e. The molecule has 22 heavy (non-hydrogen) atoms. The van der Waals surface area contributed by atoms with E-state index in [0.717, 1.165) is 35.4 Å². The smallest absolute Gasteiger partial charge is 0.214 e. The molecule has 0 aliphatic rings. The average molecular weight is 337 g/mol. The lowest BCUT2D eigenvalue weighted by molar-refractivity contribution is -0.00000486. The Morgan fingerprint density at radius 2 is 2.00 bits per heavy atom. The summed E-state index contributed by atoms with van der Waals surface area (Å²) in [6.07, 6.45) is 1.68. The highest BCUT2D eigenvalue weighted by molar-refractivity contribution is 7.99. The number of halogens is 1. The number of furan rings is 1. The van der Waals surface area contributed by atoms with Crippen LogP contribution in [0.25, 0.3) is 5.69 Å². The van der Waals surface area contributed by atoms with E-state index in [4.69, 9.17) is 4.42 Å². The van der Waals surface area contributed by atoms with Crippen LogP contribution >= 0.6 is 11.8 Å². The lowest BCUT2D eigenvalue weighted by Gasteiger charge is -2.04. The second-order valence-corrected chi connectivity index (χ2v) is 5.38. The van der Waals surface area contributed by atoms with Crippen LogP contribution < -0.4 is 17.7 Å². The molecule has 0 unspecified atom stereocenters. The highest BCUT2D eigenvalue weighted by Crippen LogP contribution is 2.17. The molecule has 8 heteroatoms. The van der Waals surface area contributed by atoms with Gasteiger partial charge in [-0.15, -0.1) is 5.10 Å². The number of rotatable bonds is 7. The molecule has 0 radical (unpaired) electrons. The lowest BCUT2D eigenvalue weighted by atomic mass is 10.3. The first-order valence-electron chi connectivity index (χ1n) is 6.63. The summed E-state index contributed by atoms with van der Waals surface area (Å²) in [5, 5.41) is 15.9. The Labute approximate surface area is 138 Å². The van der Waals surface area contributed by atoms with Gasteiger partial charge in [0.2, 0.25) is 5.16 Å². The first-order chi connectivity index (χ1) is 10.4. The number of aromatic nitrogens is 4. The molecule has 0 aliphatic carbocycles. The van der Waals surface area contributed by atoms with Gasteiger partial charge in [0, 0.05) is 12.3 Å². The van der Waals surface area contributed by atoms with Crippen LogP contribution in [0.5, 0.6) is 0 Å². The summed E-state index contributed by atoms with van der Waals surface area (Å²) in [7, 11) is 0. The molecule has 0 aliphatic heterocycles. The third-order valence-corrected chi connectivity index (χ3v) is 3.75. The topological polar surface area (TPSA) is 68.8 Å². The fourth-order valence-corrected chi connectivity index (χ4v) is 2.63. The van der Waals surface area contributed by atoms with E-state index in [9.17, 15) is 0 Å². The van der Waals surface area contributed by atoms with Crippen LogP contribution in [0.4, 0.5) is 0 Å². The predicted octanol–water partition coefficient (Wildman–Crippen LogP) is -0.859. The van der Waals surface area contributed by atoms with Crippen molar-refractivity contribution >= 4 is 11.8 Å². The van der Waals surface area contributed by atoms with Gasteiger partial charge in [-0.1, -0.05) is 30.0 Å². The van der Waals surface area contributed by atoms with Crippen LogP contribution in [-0.4, -0.2) is 32.5 Å². The predicted molar refractivity (Wildman–Crippen MR) is 80.3 cm³/mol. The van der Waals surface area contributed by atoms with Crippen molar-refractivity contribution in [1.82, 2.24) is 25.5 Å². The lowest BCUT2D eigenvalue weighted by Crippen LogP contribution is -3.00. The Morgan fingerprint density at radius 3 is 2.77 bits per heavy atom. The number of nitrogens with one attached hydrogen (secondary N) is 1. The van der Waals surface area contributed by atoms with Gasteiger partial charge in [-0.25, -0.2) is 0 Å². The molecule has 0 saturated carbocycles. The molecule has 0 amide bonds. The Morgan fingerprint density at radius 1 is 1.14 bits per heavy atom. The molecular weight excluding hydrogens is 322 g/mol. The minimum atomic E-state index is 0. The molecule has 2 aromatic heterocycles. The van der Waals surface area contributed by atoms with Gasteiger partial charge in [0.05, 0.1) is 18.5 Å². The number of benzene rings is 1. The molecule has 0 fully saturated rings.